The maximum Gasteiger partial charge on any atom is 0.310 e. The maximum atomic E-state index is 11.0. The van der Waals surface area contributed by atoms with Crippen LogP contribution in [-0.2, 0) is 16.0 Å². The summed E-state index contributed by atoms with van der Waals surface area (Å²) < 4.78 is 4.48. The summed E-state index contributed by atoms with van der Waals surface area (Å²) in [5.74, 6) is -0.130. The second-order valence-electron chi connectivity index (χ2n) is 2.63. The van der Waals surface area contributed by atoms with Crippen LogP contribution in [0.2, 0.25) is 0 Å². The molecule has 1 aromatic rings. The molecular formula is C9H9N3O2. The summed E-state index contributed by atoms with van der Waals surface area (Å²) in [7, 11) is 1.29. The number of anilines is 1. The summed E-state index contributed by atoms with van der Waals surface area (Å²) in [5, 5.41) is 8.71. The maximum absolute atomic E-state index is 11.0. The highest BCUT2D eigenvalue weighted by Crippen LogP contribution is 2.10. The Hall–Kier alpha value is -2.09. The number of methoxy groups -OCH3 is 1. The van der Waals surface area contributed by atoms with Gasteiger partial charge in [0.15, 0.2) is 0 Å². The number of carbonyl (C=O) groups is 1. The molecule has 0 unspecified atom stereocenters. The Labute approximate surface area is 81.1 Å². The van der Waals surface area contributed by atoms with Crippen LogP contribution in [0.1, 0.15) is 11.1 Å². The van der Waals surface area contributed by atoms with Gasteiger partial charge in [0.2, 0.25) is 0 Å². The van der Waals surface area contributed by atoms with Gasteiger partial charge >= 0.3 is 5.97 Å². The third kappa shape index (κ3) is 2.20. The van der Waals surface area contributed by atoms with E-state index in [1.54, 1.807) is 0 Å². The molecule has 1 rings (SSSR count). The van der Waals surface area contributed by atoms with Crippen molar-refractivity contribution in [2.75, 3.05) is 12.8 Å². The summed E-state index contributed by atoms with van der Waals surface area (Å²) in [6.45, 7) is 0. The van der Waals surface area contributed by atoms with Crippen molar-refractivity contribution in [3.8, 4) is 6.07 Å². The molecule has 14 heavy (non-hydrogen) atoms. The highest BCUT2D eigenvalue weighted by atomic mass is 16.5. The molecule has 0 amide bonds. The average molecular weight is 191 g/mol. The zero-order valence-corrected chi connectivity index (χ0v) is 7.65. The number of hydrogen-bond acceptors (Lipinski definition) is 5. The Morgan fingerprint density at radius 3 is 3.07 bits per heavy atom. The Balaban J connectivity index is 3.00. The Morgan fingerprint density at radius 1 is 1.79 bits per heavy atom. The number of nitrogen functional groups attached to an aromatic ring is 1. The fourth-order valence-electron chi connectivity index (χ4n) is 0.990. The van der Waals surface area contributed by atoms with E-state index in [0.717, 1.165) is 0 Å². The van der Waals surface area contributed by atoms with E-state index >= 15 is 0 Å². The molecule has 1 aromatic heterocycles. The van der Waals surface area contributed by atoms with Gasteiger partial charge in [-0.25, -0.2) is 4.98 Å². The van der Waals surface area contributed by atoms with E-state index in [1.807, 2.05) is 6.07 Å². The van der Waals surface area contributed by atoms with Crippen LogP contribution < -0.4 is 5.73 Å². The summed E-state index contributed by atoms with van der Waals surface area (Å²) >= 11 is 0. The molecule has 0 saturated heterocycles. The number of aromatic nitrogens is 1. The van der Waals surface area contributed by atoms with Crippen molar-refractivity contribution in [3.05, 3.63) is 23.4 Å². The van der Waals surface area contributed by atoms with Gasteiger partial charge in [0, 0.05) is 6.20 Å². The van der Waals surface area contributed by atoms with Gasteiger partial charge in [-0.05, 0) is 11.6 Å². The lowest BCUT2D eigenvalue weighted by atomic mass is 10.1. The topological polar surface area (TPSA) is 89.0 Å². The lowest BCUT2D eigenvalue weighted by Gasteiger charge is -2.02. The summed E-state index contributed by atoms with van der Waals surface area (Å²) in [6.07, 6.45) is 1.37. The molecule has 5 heteroatoms. The normalized spacial score (nSPS) is 9.14. The highest BCUT2D eigenvalue weighted by Gasteiger charge is 2.08. The van der Waals surface area contributed by atoms with Crippen molar-refractivity contribution < 1.29 is 9.53 Å². The van der Waals surface area contributed by atoms with Crippen LogP contribution in [-0.4, -0.2) is 18.1 Å². The number of carbonyl (C=O) groups excluding carboxylic acids is 1. The van der Waals surface area contributed by atoms with E-state index in [1.165, 1.54) is 19.4 Å². The average Bonchev–Trinajstić information content (AvgIpc) is 2.18. The van der Waals surface area contributed by atoms with Crippen LogP contribution in [0.3, 0.4) is 0 Å². The summed E-state index contributed by atoms with van der Waals surface area (Å²) in [5.41, 5.74) is 6.30. The van der Waals surface area contributed by atoms with E-state index < -0.39 is 5.97 Å². The number of nitrogens with zero attached hydrogens (tertiary/aromatic N) is 2. The Morgan fingerprint density at radius 2 is 2.50 bits per heavy atom. The number of hydrogen-bond donors (Lipinski definition) is 1. The molecule has 0 aliphatic carbocycles. The molecule has 0 spiro atoms. The van der Waals surface area contributed by atoms with Crippen molar-refractivity contribution in [3.63, 3.8) is 0 Å². The first-order chi connectivity index (χ1) is 6.67. The zero-order valence-electron chi connectivity index (χ0n) is 7.65. The molecule has 1 heterocycles. The molecule has 72 valence electrons. The number of esters is 1. The number of ether oxygens (including phenoxy) is 1. The lowest BCUT2D eigenvalue weighted by Crippen LogP contribution is -2.07. The highest BCUT2D eigenvalue weighted by molar-refractivity contribution is 5.73. The largest absolute Gasteiger partial charge is 0.469 e. The third-order valence-electron chi connectivity index (χ3n) is 1.69. The molecule has 0 radical (unpaired) electrons. The van der Waals surface area contributed by atoms with Gasteiger partial charge in [-0.3, -0.25) is 4.79 Å². The predicted molar refractivity (Wildman–Crippen MR) is 49.1 cm³/mol. The number of pyridine rings is 1. The van der Waals surface area contributed by atoms with Gasteiger partial charge in [0.25, 0.3) is 0 Å². The molecule has 0 aliphatic heterocycles. The summed E-state index contributed by atoms with van der Waals surface area (Å²) in [6, 6.07) is 3.42. The Bertz CT molecular complexity index is 396. The monoisotopic (exact) mass is 191 g/mol. The fourth-order valence-corrected chi connectivity index (χ4v) is 0.990. The van der Waals surface area contributed by atoms with Gasteiger partial charge in [-0.2, -0.15) is 5.26 Å². The molecule has 0 bridgehead atoms. The standard InChI is InChI=1S/C9H9N3O2/c1-14-9(13)3-6-2-8(11)12-5-7(6)4-10/h2,5H,3H2,1H3,(H2,11,12). The van der Waals surface area contributed by atoms with E-state index in [-0.39, 0.29) is 12.2 Å². The predicted octanol–water partition coefficient (Wildman–Crippen LogP) is 0.251. The minimum absolute atomic E-state index is 0.0338. The molecule has 5 nitrogen and oxygen atoms in total. The van der Waals surface area contributed by atoms with Gasteiger partial charge in [-0.1, -0.05) is 0 Å². The SMILES string of the molecule is COC(=O)Cc1cc(N)ncc1C#N. The van der Waals surface area contributed by atoms with Gasteiger partial charge in [0.1, 0.15) is 11.9 Å². The molecule has 0 atom stereocenters. The van der Waals surface area contributed by atoms with E-state index in [0.29, 0.717) is 11.1 Å². The van der Waals surface area contributed by atoms with Gasteiger partial charge in [-0.15, -0.1) is 0 Å². The molecule has 2 N–H and O–H groups in total. The van der Waals surface area contributed by atoms with E-state index in [4.69, 9.17) is 11.0 Å². The summed E-state index contributed by atoms with van der Waals surface area (Å²) in [4.78, 5) is 14.7. The van der Waals surface area contributed by atoms with Crippen molar-refractivity contribution in [1.82, 2.24) is 4.98 Å². The molecule has 0 saturated carbocycles. The van der Waals surface area contributed by atoms with Crippen molar-refractivity contribution >= 4 is 11.8 Å². The van der Waals surface area contributed by atoms with Crippen LogP contribution in [0.25, 0.3) is 0 Å². The quantitative estimate of drug-likeness (QED) is 0.677. The second-order valence-corrected chi connectivity index (χ2v) is 2.63. The van der Waals surface area contributed by atoms with Crippen LogP contribution >= 0.6 is 0 Å². The number of nitrogens with two attached hydrogens (primary N) is 1. The number of rotatable bonds is 2. The zero-order chi connectivity index (χ0) is 10.6. The van der Waals surface area contributed by atoms with Gasteiger partial charge < -0.3 is 10.5 Å². The molecule has 0 aromatic carbocycles. The first-order valence-corrected chi connectivity index (χ1v) is 3.88. The van der Waals surface area contributed by atoms with Crippen molar-refractivity contribution in [2.24, 2.45) is 0 Å². The van der Waals surface area contributed by atoms with E-state index in [2.05, 4.69) is 9.72 Å². The van der Waals surface area contributed by atoms with Gasteiger partial charge in [0.05, 0.1) is 19.1 Å². The molecular weight excluding hydrogens is 182 g/mol. The fraction of sp³-hybridized carbons (Fsp3) is 0.222. The minimum Gasteiger partial charge on any atom is -0.469 e. The number of nitriles is 1. The van der Waals surface area contributed by atoms with Crippen molar-refractivity contribution in [2.45, 2.75) is 6.42 Å². The minimum atomic E-state index is -0.410. The second kappa shape index (κ2) is 4.23. The molecule has 0 fully saturated rings. The van der Waals surface area contributed by atoms with Crippen LogP contribution in [0.5, 0.6) is 0 Å². The van der Waals surface area contributed by atoms with Crippen LogP contribution in [0.15, 0.2) is 12.3 Å². The molecule has 0 aliphatic rings. The van der Waals surface area contributed by atoms with Crippen LogP contribution in [0.4, 0.5) is 5.82 Å². The van der Waals surface area contributed by atoms with Crippen molar-refractivity contribution in [1.29, 1.82) is 5.26 Å². The van der Waals surface area contributed by atoms with Crippen LogP contribution in [0, 0.1) is 11.3 Å². The first-order valence-electron chi connectivity index (χ1n) is 3.88. The Kier molecular flexibility index (Phi) is 3.02. The van der Waals surface area contributed by atoms with E-state index in [9.17, 15) is 4.79 Å². The lowest BCUT2D eigenvalue weighted by molar-refractivity contribution is -0.139. The first kappa shape index (κ1) is 9.99. The third-order valence-corrected chi connectivity index (χ3v) is 1.69. The smallest absolute Gasteiger partial charge is 0.310 e.